The van der Waals surface area contributed by atoms with Gasteiger partial charge < -0.3 is 19.9 Å². The van der Waals surface area contributed by atoms with Gasteiger partial charge in [0.2, 0.25) is 11.8 Å². The second-order valence-electron chi connectivity index (χ2n) is 9.61. The Morgan fingerprint density at radius 3 is 2.44 bits per heavy atom. The van der Waals surface area contributed by atoms with E-state index >= 15 is 0 Å². The van der Waals surface area contributed by atoms with Crippen molar-refractivity contribution < 1.29 is 14.3 Å². The smallest absolute Gasteiger partial charge is 0.230 e. The van der Waals surface area contributed by atoms with Gasteiger partial charge in [-0.2, -0.15) is 0 Å². The first-order valence-corrected chi connectivity index (χ1v) is 12.4. The Labute approximate surface area is 204 Å². The molecule has 0 aliphatic carbocycles. The molecular formula is C28H39N3O3. The number of carbonyl (C=O) groups excluding carboxylic acids is 2. The number of nitrogens with zero attached hydrogens (tertiary/aromatic N) is 2. The zero-order chi connectivity index (χ0) is 24.7. The van der Waals surface area contributed by atoms with E-state index in [-0.39, 0.29) is 29.8 Å². The third-order valence-corrected chi connectivity index (χ3v) is 6.38. The summed E-state index contributed by atoms with van der Waals surface area (Å²) in [6.07, 6.45) is 2.79. The van der Waals surface area contributed by atoms with Gasteiger partial charge in [-0.15, -0.1) is 0 Å². The van der Waals surface area contributed by atoms with E-state index in [2.05, 4.69) is 12.2 Å². The van der Waals surface area contributed by atoms with E-state index < -0.39 is 0 Å². The fourth-order valence-corrected chi connectivity index (χ4v) is 4.44. The van der Waals surface area contributed by atoms with Crippen molar-refractivity contribution in [2.24, 2.45) is 5.92 Å². The molecule has 184 valence electrons. The van der Waals surface area contributed by atoms with Crippen molar-refractivity contribution in [3.63, 3.8) is 0 Å². The molecule has 2 unspecified atom stereocenters. The lowest BCUT2D eigenvalue weighted by molar-refractivity contribution is -0.135. The minimum Gasteiger partial charge on any atom is -0.377 e. The quantitative estimate of drug-likeness (QED) is 0.533. The van der Waals surface area contributed by atoms with Gasteiger partial charge in [0, 0.05) is 51.1 Å². The van der Waals surface area contributed by atoms with Crippen LogP contribution in [0.2, 0.25) is 0 Å². The highest BCUT2D eigenvalue weighted by molar-refractivity contribution is 5.92. The lowest BCUT2D eigenvalue weighted by Gasteiger charge is -2.31. The lowest BCUT2D eigenvalue weighted by Crippen LogP contribution is -2.40. The molecule has 1 saturated heterocycles. The summed E-state index contributed by atoms with van der Waals surface area (Å²) >= 11 is 0. The summed E-state index contributed by atoms with van der Waals surface area (Å²) in [6, 6.07) is 15.9. The maximum atomic E-state index is 13.9. The third-order valence-electron chi connectivity index (χ3n) is 6.38. The summed E-state index contributed by atoms with van der Waals surface area (Å²) in [4.78, 5) is 30.2. The van der Waals surface area contributed by atoms with E-state index in [9.17, 15) is 9.59 Å². The molecular weight excluding hydrogens is 426 g/mol. The minimum absolute atomic E-state index is 0.0223. The Morgan fingerprint density at radius 2 is 1.85 bits per heavy atom. The first-order chi connectivity index (χ1) is 16.3. The molecule has 34 heavy (non-hydrogen) atoms. The van der Waals surface area contributed by atoms with E-state index in [4.69, 9.17) is 4.74 Å². The topological polar surface area (TPSA) is 61.9 Å². The van der Waals surface area contributed by atoms with Crippen molar-refractivity contribution in [1.82, 2.24) is 4.90 Å². The van der Waals surface area contributed by atoms with Crippen molar-refractivity contribution in [2.45, 2.75) is 58.6 Å². The average molecular weight is 466 g/mol. The van der Waals surface area contributed by atoms with Crippen LogP contribution in [-0.4, -0.2) is 50.1 Å². The Bertz CT molecular complexity index is 953. The highest BCUT2D eigenvalue weighted by Crippen LogP contribution is 2.29. The highest BCUT2D eigenvalue weighted by Gasteiger charge is 2.29. The third kappa shape index (κ3) is 6.60. The van der Waals surface area contributed by atoms with Gasteiger partial charge >= 0.3 is 0 Å². The van der Waals surface area contributed by atoms with Gasteiger partial charge in [0.05, 0.1) is 12.0 Å². The van der Waals surface area contributed by atoms with Crippen molar-refractivity contribution >= 4 is 23.2 Å². The fraction of sp³-hybridized carbons (Fsp3) is 0.500. The largest absolute Gasteiger partial charge is 0.377 e. The molecule has 6 heteroatoms. The van der Waals surface area contributed by atoms with Gasteiger partial charge in [0.1, 0.15) is 0 Å². The van der Waals surface area contributed by atoms with Crippen LogP contribution in [0.1, 0.15) is 57.1 Å². The summed E-state index contributed by atoms with van der Waals surface area (Å²) in [5.41, 5.74) is 3.82. The normalized spacial score (nSPS) is 16.4. The monoisotopic (exact) mass is 465 g/mol. The number of hydrogen-bond donors (Lipinski definition) is 1. The van der Waals surface area contributed by atoms with E-state index in [1.54, 1.807) is 0 Å². The zero-order valence-corrected chi connectivity index (χ0v) is 21.2. The Hall–Kier alpha value is -2.86. The molecule has 0 spiro atoms. The first kappa shape index (κ1) is 25.8. The molecule has 1 heterocycles. The standard InChI is InChI=1S/C28H39N3O3/c1-6-25(21-11-8-7-9-12-21)28(33)31(19-24-13-10-16-34-24)18-22-17-23(29-27(32)20(2)3)14-15-26(22)30(4)5/h7-9,11-12,14-15,17,20,24-25H,6,10,13,16,18-19H2,1-5H3,(H,29,32). The van der Waals surface area contributed by atoms with Crippen molar-refractivity contribution in [3.8, 4) is 0 Å². The van der Waals surface area contributed by atoms with Gasteiger partial charge in [-0.1, -0.05) is 51.1 Å². The molecule has 0 saturated carbocycles. The number of nitrogens with one attached hydrogen (secondary N) is 1. The zero-order valence-electron chi connectivity index (χ0n) is 21.2. The van der Waals surface area contributed by atoms with E-state index in [0.717, 1.165) is 48.4 Å². The van der Waals surface area contributed by atoms with Gasteiger partial charge in [0.25, 0.3) is 0 Å². The first-order valence-electron chi connectivity index (χ1n) is 12.4. The predicted molar refractivity (Wildman–Crippen MR) is 138 cm³/mol. The van der Waals surface area contributed by atoms with Crippen LogP contribution in [0, 0.1) is 5.92 Å². The van der Waals surface area contributed by atoms with E-state index in [1.165, 1.54) is 0 Å². The number of anilines is 2. The molecule has 2 aromatic rings. The molecule has 1 fully saturated rings. The van der Waals surface area contributed by atoms with Crippen LogP contribution in [0.3, 0.4) is 0 Å². The highest BCUT2D eigenvalue weighted by atomic mass is 16.5. The minimum atomic E-state index is -0.200. The van der Waals surface area contributed by atoms with Crippen molar-refractivity contribution in [2.75, 3.05) is 37.5 Å². The molecule has 1 aliphatic rings. The Morgan fingerprint density at radius 1 is 1.12 bits per heavy atom. The van der Waals surface area contributed by atoms with Gasteiger partial charge in [-0.3, -0.25) is 9.59 Å². The van der Waals surface area contributed by atoms with Crippen molar-refractivity contribution in [3.05, 3.63) is 59.7 Å². The molecule has 2 amide bonds. The summed E-state index contributed by atoms with van der Waals surface area (Å²) in [5.74, 6) is -0.212. The van der Waals surface area contributed by atoms with Gasteiger partial charge in [0.15, 0.2) is 0 Å². The number of ether oxygens (including phenoxy) is 1. The molecule has 0 bridgehead atoms. The second kappa shape index (κ2) is 12.0. The predicted octanol–water partition coefficient (Wildman–Crippen LogP) is 5.05. The van der Waals surface area contributed by atoms with E-state index in [0.29, 0.717) is 13.1 Å². The number of benzene rings is 2. The van der Waals surface area contributed by atoms with Crippen LogP contribution >= 0.6 is 0 Å². The average Bonchev–Trinajstić information content (AvgIpc) is 3.33. The summed E-state index contributed by atoms with van der Waals surface area (Å²) in [6.45, 7) is 7.59. The number of hydrogen-bond acceptors (Lipinski definition) is 4. The van der Waals surface area contributed by atoms with Crippen LogP contribution in [0.5, 0.6) is 0 Å². The summed E-state index contributed by atoms with van der Waals surface area (Å²) in [5, 5.41) is 3.00. The molecule has 6 nitrogen and oxygen atoms in total. The van der Waals surface area contributed by atoms with Crippen LogP contribution < -0.4 is 10.2 Å². The number of amides is 2. The molecule has 0 aromatic heterocycles. The summed E-state index contributed by atoms with van der Waals surface area (Å²) in [7, 11) is 3.99. The van der Waals surface area contributed by atoms with Crippen LogP contribution in [0.15, 0.2) is 48.5 Å². The molecule has 2 aromatic carbocycles. The fourth-order valence-electron chi connectivity index (χ4n) is 4.44. The van der Waals surface area contributed by atoms with E-state index in [1.807, 2.05) is 86.3 Å². The Balaban J connectivity index is 1.93. The molecule has 0 radical (unpaired) electrons. The number of rotatable bonds is 10. The number of carbonyl (C=O) groups is 2. The van der Waals surface area contributed by atoms with Gasteiger partial charge in [-0.25, -0.2) is 0 Å². The second-order valence-corrected chi connectivity index (χ2v) is 9.61. The molecule has 1 N–H and O–H groups in total. The SMILES string of the molecule is CCC(C(=O)N(Cc1cc(NC(=O)C(C)C)ccc1N(C)C)CC1CCCO1)c1ccccc1. The van der Waals surface area contributed by atoms with Gasteiger partial charge in [-0.05, 0) is 48.6 Å². The maximum absolute atomic E-state index is 13.9. The Kier molecular flexibility index (Phi) is 9.11. The van der Waals surface area contributed by atoms with Crippen LogP contribution in [0.25, 0.3) is 0 Å². The summed E-state index contributed by atoms with van der Waals surface area (Å²) < 4.78 is 5.91. The molecule has 2 atom stereocenters. The maximum Gasteiger partial charge on any atom is 0.230 e. The van der Waals surface area contributed by atoms with Crippen LogP contribution in [0.4, 0.5) is 11.4 Å². The molecule has 1 aliphatic heterocycles. The van der Waals surface area contributed by atoms with Crippen LogP contribution in [-0.2, 0) is 20.9 Å². The molecule has 3 rings (SSSR count). The lowest BCUT2D eigenvalue weighted by atomic mass is 9.94. The van der Waals surface area contributed by atoms with Crippen molar-refractivity contribution in [1.29, 1.82) is 0 Å².